The summed E-state index contributed by atoms with van der Waals surface area (Å²) in [5.74, 6) is 0.315. The number of carbonyl (C=O) groups is 1. The Bertz CT molecular complexity index is 401. The summed E-state index contributed by atoms with van der Waals surface area (Å²) in [5, 5.41) is 0. The summed E-state index contributed by atoms with van der Waals surface area (Å²) in [6.45, 7) is 2.18. The molecule has 1 aliphatic rings. The Balaban J connectivity index is 2.42. The molecule has 1 amide bonds. The highest BCUT2D eigenvalue weighted by Crippen LogP contribution is 2.33. The lowest BCUT2D eigenvalue weighted by Gasteiger charge is -2.24. The van der Waals surface area contributed by atoms with Gasteiger partial charge in [0.1, 0.15) is 0 Å². The van der Waals surface area contributed by atoms with Gasteiger partial charge in [0.05, 0.1) is 7.11 Å². The van der Waals surface area contributed by atoms with E-state index in [0.29, 0.717) is 5.92 Å². The third-order valence-electron chi connectivity index (χ3n) is 3.21. The van der Waals surface area contributed by atoms with E-state index >= 15 is 0 Å². The van der Waals surface area contributed by atoms with Gasteiger partial charge in [-0.05, 0) is 42.4 Å². The van der Waals surface area contributed by atoms with Gasteiger partial charge in [-0.3, -0.25) is 9.63 Å². The summed E-state index contributed by atoms with van der Waals surface area (Å²) in [7, 11) is 1.46. The molecule has 0 aliphatic heterocycles. The minimum Gasteiger partial charge on any atom is -0.277 e. The predicted molar refractivity (Wildman–Crippen MR) is 62.3 cm³/mol. The van der Waals surface area contributed by atoms with Crippen LogP contribution in [0.25, 0.3) is 0 Å². The molecule has 86 valence electrons. The number of aryl methyl sites for hydroxylation is 1. The largest absolute Gasteiger partial charge is 0.277 e. The minimum atomic E-state index is -0.145. The van der Waals surface area contributed by atoms with Crippen LogP contribution in [0.1, 0.15) is 47.2 Å². The second kappa shape index (κ2) is 4.66. The summed E-state index contributed by atoms with van der Waals surface area (Å²) >= 11 is 0. The third-order valence-corrected chi connectivity index (χ3v) is 3.21. The van der Waals surface area contributed by atoms with Gasteiger partial charge in [0.2, 0.25) is 0 Å². The zero-order valence-electron chi connectivity index (χ0n) is 9.75. The van der Waals surface area contributed by atoms with Crippen molar-refractivity contribution in [3.63, 3.8) is 0 Å². The molecule has 0 spiro atoms. The van der Waals surface area contributed by atoms with E-state index in [4.69, 9.17) is 0 Å². The van der Waals surface area contributed by atoms with Crippen LogP contribution in [0.2, 0.25) is 0 Å². The van der Waals surface area contributed by atoms with Crippen LogP contribution in [0.4, 0.5) is 0 Å². The molecule has 0 saturated carbocycles. The van der Waals surface area contributed by atoms with Crippen molar-refractivity contribution in [2.75, 3.05) is 7.11 Å². The average Bonchev–Trinajstić information content (AvgIpc) is 2.29. The van der Waals surface area contributed by atoms with E-state index in [1.165, 1.54) is 24.7 Å². The van der Waals surface area contributed by atoms with Gasteiger partial charge in [-0.15, -0.1) is 0 Å². The van der Waals surface area contributed by atoms with Crippen LogP contribution in [0.15, 0.2) is 18.2 Å². The van der Waals surface area contributed by atoms with Crippen LogP contribution in [0.5, 0.6) is 0 Å². The van der Waals surface area contributed by atoms with Crippen LogP contribution in [-0.2, 0) is 11.3 Å². The van der Waals surface area contributed by atoms with Crippen molar-refractivity contribution in [3.8, 4) is 0 Å². The van der Waals surface area contributed by atoms with E-state index in [1.807, 2.05) is 12.1 Å². The molecule has 2 rings (SSSR count). The number of fused-ring (bicyclic) bond motifs is 1. The highest BCUT2D eigenvalue weighted by Gasteiger charge is 2.22. The van der Waals surface area contributed by atoms with Crippen LogP contribution < -0.4 is 5.48 Å². The molecule has 1 unspecified atom stereocenters. The van der Waals surface area contributed by atoms with Gasteiger partial charge in [-0.25, -0.2) is 5.48 Å². The molecule has 0 heterocycles. The van der Waals surface area contributed by atoms with Crippen LogP contribution in [-0.4, -0.2) is 13.0 Å². The Morgan fingerprint density at radius 1 is 1.50 bits per heavy atom. The molecule has 3 heteroatoms. The van der Waals surface area contributed by atoms with E-state index in [1.54, 1.807) is 0 Å². The zero-order chi connectivity index (χ0) is 11.5. The molecular formula is C13H17NO2. The molecule has 3 nitrogen and oxygen atoms in total. The molecule has 0 radical (unpaired) electrons. The van der Waals surface area contributed by atoms with Gasteiger partial charge in [0.15, 0.2) is 0 Å². The fraction of sp³-hybridized carbons (Fsp3) is 0.462. The Hall–Kier alpha value is -1.35. The average molecular weight is 219 g/mol. The highest BCUT2D eigenvalue weighted by molar-refractivity contribution is 5.95. The number of hydrogen-bond donors (Lipinski definition) is 1. The smallest absolute Gasteiger partial charge is 0.275 e. The molecule has 0 bridgehead atoms. The summed E-state index contributed by atoms with van der Waals surface area (Å²) in [6, 6.07) is 5.94. The van der Waals surface area contributed by atoms with E-state index in [0.717, 1.165) is 18.4 Å². The molecule has 1 aliphatic carbocycles. The highest BCUT2D eigenvalue weighted by atomic mass is 16.6. The van der Waals surface area contributed by atoms with E-state index in [-0.39, 0.29) is 5.91 Å². The Morgan fingerprint density at radius 3 is 3.06 bits per heavy atom. The first-order valence-electron chi connectivity index (χ1n) is 5.69. The third kappa shape index (κ3) is 1.95. The lowest BCUT2D eigenvalue weighted by atomic mass is 9.81. The Labute approximate surface area is 95.8 Å². The van der Waals surface area contributed by atoms with Gasteiger partial charge < -0.3 is 0 Å². The molecule has 0 fully saturated rings. The standard InChI is InChI=1S/C13H17NO2/c1-9-5-3-6-10-7-4-8-11(12(9)10)13(15)14-16-2/h4,7-9H,3,5-6H2,1-2H3,(H,14,15). The topological polar surface area (TPSA) is 38.3 Å². The monoisotopic (exact) mass is 219 g/mol. The summed E-state index contributed by atoms with van der Waals surface area (Å²) in [4.78, 5) is 16.5. The SMILES string of the molecule is CONC(=O)c1cccc2c1C(C)CCC2. The normalized spacial score (nSPS) is 19.0. The van der Waals surface area contributed by atoms with Crippen molar-refractivity contribution in [1.82, 2.24) is 5.48 Å². The maximum Gasteiger partial charge on any atom is 0.275 e. The number of amides is 1. The van der Waals surface area contributed by atoms with Crippen molar-refractivity contribution in [2.24, 2.45) is 0 Å². The quantitative estimate of drug-likeness (QED) is 0.776. The zero-order valence-corrected chi connectivity index (χ0v) is 9.75. The van der Waals surface area contributed by atoms with Crippen molar-refractivity contribution < 1.29 is 9.63 Å². The maximum atomic E-state index is 11.8. The fourth-order valence-electron chi connectivity index (χ4n) is 2.50. The van der Waals surface area contributed by atoms with Crippen LogP contribution >= 0.6 is 0 Å². The number of benzene rings is 1. The number of nitrogens with one attached hydrogen (secondary N) is 1. The van der Waals surface area contributed by atoms with Gasteiger partial charge in [-0.2, -0.15) is 0 Å². The first-order valence-corrected chi connectivity index (χ1v) is 5.69. The number of rotatable bonds is 2. The van der Waals surface area contributed by atoms with E-state index in [9.17, 15) is 4.79 Å². The fourth-order valence-corrected chi connectivity index (χ4v) is 2.50. The van der Waals surface area contributed by atoms with Crippen LogP contribution in [0, 0.1) is 0 Å². The summed E-state index contributed by atoms with van der Waals surface area (Å²) < 4.78 is 0. The van der Waals surface area contributed by atoms with Crippen molar-refractivity contribution in [2.45, 2.75) is 32.1 Å². The molecule has 1 aromatic rings. The molecule has 16 heavy (non-hydrogen) atoms. The molecule has 1 aromatic carbocycles. The number of hydroxylamine groups is 1. The molecule has 0 aromatic heterocycles. The maximum absolute atomic E-state index is 11.8. The van der Waals surface area contributed by atoms with Gasteiger partial charge >= 0.3 is 0 Å². The Morgan fingerprint density at radius 2 is 2.31 bits per heavy atom. The van der Waals surface area contributed by atoms with Crippen molar-refractivity contribution in [1.29, 1.82) is 0 Å². The van der Waals surface area contributed by atoms with E-state index in [2.05, 4.69) is 23.3 Å². The van der Waals surface area contributed by atoms with Crippen LogP contribution in [0.3, 0.4) is 0 Å². The van der Waals surface area contributed by atoms with Gasteiger partial charge in [-0.1, -0.05) is 19.1 Å². The predicted octanol–water partition coefficient (Wildman–Crippen LogP) is 2.42. The van der Waals surface area contributed by atoms with Crippen molar-refractivity contribution in [3.05, 3.63) is 34.9 Å². The van der Waals surface area contributed by atoms with Gasteiger partial charge in [0.25, 0.3) is 5.91 Å². The molecule has 1 N–H and O–H groups in total. The molecule has 0 saturated heterocycles. The second-order valence-corrected chi connectivity index (χ2v) is 4.31. The first-order chi connectivity index (χ1) is 7.74. The lowest BCUT2D eigenvalue weighted by Crippen LogP contribution is -2.25. The molecule has 1 atom stereocenters. The minimum absolute atomic E-state index is 0.145. The lowest BCUT2D eigenvalue weighted by molar-refractivity contribution is 0.0536. The number of carbonyl (C=O) groups excluding carboxylic acids is 1. The first kappa shape index (κ1) is 11.1. The summed E-state index contributed by atoms with van der Waals surface area (Å²) in [5.41, 5.74) is 5.65. The molecular weight excluding hydrogens is 202 g/mol. The second-order valence-electron chi connectivity index (χ2n) is 4.31. The summed E-state index contributed by atoms with van der Waals surface area (Å²) in [6.07, 6.45) is 3.45. The van der Waals surface area contributed by atoms with Crippen molar-refractivity contribution >= 4 is 5.91 Å². The van der Waals surface area contributed by atoms with E-state index < -0.39 is 0 Å². The number of hydrogen-bond acceptors (Lipinski definition) is 2. The Kier molecular flexibility index (Phi) is 3.25. The van der Waals surface area contributed by atoms with Gasteiger partial charge in [0, 0.05) is 5.56 Å².